The normalized spacial score (nSPS) is 11.0. The minimum absolute atomic E-state index is 0.396. The van der Waals surface area contributed by atoms with Crippen molar-refractivity contribution in [1.29, 1.82) is 0 Å². The smallest absolute Gasteiger partial charge is 0.264 e. The van der Waals surface area contributed by atoms with Gasteiger partial charge in [0.15, 0.2) is 0 Å². The standard InChI is InChI=1S/C16H16N6S/c17-22-15(19-18-11-13-7-3-1-4-8-13)20-21-16(22)23-12-14-9-5-2-6-10-14/h1-11H,12,17H2,(H,19,20)/b18-11+. The van der Waals surface area contributed by atoms with E-state index in [0.717, 1.165) is 11.3 Å². The number of nitrogens with zero attached hydrogens (tertiary/aromatic N) is 4. The average Bonchev–Trinajstić information content (AvgIpc) is 2.95. The SMILES string of the molecule is Nn1c(N/N=C/c2ccccc2)nnc1SCc1ccccc1. The van der Waals surface area contributed by atoms with Crippen LogP contribution in [0.3, 0.4) is 0 Å². The van der Waals surface area contributed by atoms with Crippen molar-refractivity contribution < 1.29 is 0 Å². The fourth-order valence-electron chi connectivity index (χ4n) is 1.88. The number of thioether (sulfide) groups is 1. The highest BCUT2D eigenvalue weighted by Crippen LogP contribution is 2.21. The molecule has 0 atom stereocenters. The number of anilines is 1. The summed E-state index contributed by atoms with van der Waals surface area (Å²) in [6.07, 6.45) is 1.70. The molecule has 1 heterocycles. The molecular weight excluding hydrogens is 308 g/mol. The van der Waals surface area contributed by atoms with Crippen LogP contribution in [0.1, 0.15) is 11.1 Å². The lowest BCUT2D eigenvalue weighted by Crippen LogP contribution is -2.13. The van der Waals surface area contributed by atoms with Crippen molar-refractivity contribution in [3.05, 3.63) is 71.8 Å². The molecule has 0 spiro atoms. The summed E-state index contributed by atoms with van der Waals surface area (Å²) >= 11 is 1.52. The summed E-state index contributed by atoms with van der Waals surface area (Å²) in [5, 5.41) is 12.8. The Morgan fingerprint density at radius 2 is 1.74 bits per heavy atom. The van der Waals surface area contributed by atoms with Crippen LogP contribution in [-0.2, 0) is 5.75 Å². The first-order valence-corrected chi connectivity index (χ1v) is 8.03. The van der Waals surface area contributed by atoms with Crippen molar-refractivity contribution in [2.24, 2.45) is 5.10 Å². The first-order chi connectivity index (χ1) is 11.3. The molecule has 0 saturated carbocycles. The van der Waals surface area contributed by atoms with E-state index >= 15 is 0 Å². The molecule has 3 aromatic rings. The molecule has 116 valence electrons. The first kappa shape index (κ1) is 15.1. The summed E-state index contributed by atoms with van der Waals surface area (Å²) in [6.45, 7) is 0. The summed E-state index contributed by atoms with van der Waals surface area (Å²) in [7, 11) is 0. The van der Waals surface area contributed by atoms with Crippen LogP contribution in [-0.4, -0.2) is 21.1 Å². The molecule has 0 fully saturated rings. The fraction of sp³-hybridized carbons (Fsp3) is 0.0625. The van der Waals surface area contributed by atoms with Crippen LogP contribution in [0.4, 0.5) is 5.95 Å². The molecule has 0 aliphatic rings. The third-order valence-corrected chi connectivity index (χ3v) is 4.07. The predicted molar refractivity (Wildman–Crippen MR) is 93.8 cm³/mol. The maximum absolute atomic E-state index is 5.98. The third kappa shape index (κ3) is 4.10. The number of aromatic nitrogens is 3. The molecule has 3 rings (SSSR count). The van der Waals surface area contributed by atoms with E-state index in [9.17, 15) is 0 Å². The molecular formula is C16H16N6S. The van der Waals surface area contributed by atoms with Crippen LogP contribution in [0.5, 0.6) is 0 Å². The minimum Gasteiger partial charge on any atom is -0.334 e. The second-order valence-electron chi connectivity index (χ2n) is 4.73. The van der Waals surface area contributed by atoms with Crippen molar-refractivity contribution in [1.82, 2.24) is 14.9 Å². The Hall–Kier alpha value is -2.80. The Morgan fingerprint density at radius 3 is 2.48 bits per heavy atom. The van der Waals surface area contributed by atoms with Gasteiger partial charge in [0.05, 0.1) is 6.21 Å². The molecule has 6 nitrogen and oxygen atoms in total. The summed E-state index contributed by atoms with van der Waals surface area (Å²) < 4.78 is 1.40. The molecule has 0 saturated heterocycles. The number of rotatable bonds is 6. The summed E-state index contributed by atoms with van der Waals surface area (Å²) in [4.78, 5) is 0. The lowest BCUT2D eigenvalue weighted by atomic mass is 10.2. The van der Waals surface area contributed by atoms with E-state index in [0.29, 0.717) is 11.1 Å². The monoisotopic (exact) mass is 324 g/mol. The maximum atomic E-state index is 5.98. The van der Waals surface area contributed by atoms with E-state index in [1.165, 1.54) is 22.0 Å². The van der Waals surface area contributed by atoms with Gasteiger partial charge in [0.1, 0.15) is 0 Å². The van der Waals surface area contributed by atoms with E-state index < -0.39 is 0 Å². The Labute approximate surface area is 138 Å². The van der Waals surface area contributed by atoms with Crippen molar-refractivity contribution in [3.63, 3.8) is 0 Å². The van der Waals surface area contributed by atoms with Crippen molar-refractivity contribution in [3.8, 4) is 0 Å². The topological polar surface area (TPSA) is 81.1 Å². The molecule has 23 heavy (non-hydrogen) atoms. The van der Waals surface area contributed by atoms with E-state index in [1.54, 1.807) is 6.21 Å². The second kappa shape index (κ2) is 7.46. The van der Waals surface area contributed by atoms with Gasteiger partial charge in [-0.1, -0.05) is 72.4 Å². The van der Waals surface area contributed by atoms with Gasteiger partial charge in [-0.25, -0.2) is 10.1 Å². The molecule has 0 bridgehead atoms. The van der Waals surface area contributed by atoms with Crippen LogP contribution in [0.25, 0.3) is 0 Å². The Kier molecular flexibility index (Phi) is 4.90. The summed E-state index contributed by atoms with van der Waals surface area (Å²) in [6, 6.07) is 19.9. The molecule has 0 aliphatic carbocycles. The van der Waals surface area contributed by atoms with Gasteiger partial charge in [0, 0.05) is 5.75 Å². The van der Waals surface area contributed by atoms with E-state index in [4.69, 9.17) is 5.84 Å². The number of nitrogens with two attached hydrogens (primary N) is 1. The van der Waals surface area contributed by atoms with Gasteiger partial charge in [0.2, 0.25) is 5.16 Å². The van der Waals surface area contributed by atoms with Gasteiger partial charge in [0.25, 0.3) is 5.95 Å². The van der Waals surface area contributed by atoms with E-state index in [1.807, 2.05) is 48.5 Å². The Morgan fingerprint density at radius 1 is 1.04 bits per heavy atom. The molecule has 3 N–H and O–H groups in total. The van der Waals surface area contributed by atoms with Crippen LogP contribution in [0.2, 0.25) is 0 Å². The number of nitrogens with one attached hydrogen (secondary N) is 1. The highest BCUT2D eigenvalue weighted by Gasteiger charge is 2.09. The maximum Gasteiger partial charge on any atom is 0.264 e. The van der Waals surface area contributed by atoms with Crippen LogP contribution in [0, 0.1) is 0 Å². The van der Waals surface area contributed by atoms with Gasteiger partial charge in [-0.3, -0.25) is 0 Å². The van der Waals surface area contributed by atoms with Gasteiger partial charge in [-0.2, -0.15) is 5.10 Å². The van der Waals surface area contributed by atoms with Crippen LogP contribution < -0.4 is 11.3 Å². The molecule has 2 aromatic carbocycles. The largest absolute Gasteiger partial charge is 0.334 e. The number of hydrogen-bond donors (Lipinski definition) is 2. The zero-order valence-electron chi connectivity index (χ0n) is 12.3. The lowest BCUT2D eigenvalue weighted by Gasteiger charge is -2.03. The fourth-order valence-corrected chi connectivity index (χ4v) is 2.69. The summed E-state index contributed by atoms with van der Waals surface area (Å²) in [5.41, 5.74) is 4.99. The molecule has 7 heteroatoms. The number of nitrogen functional groups attached to an aromatic ring is 1. The Bertz CT molecular complexity index is 770. The van der Waals surface area contributed by atoms with Gasteiger partial charge >= 0.3 is 0 Å². The quantitative estimate of drug-likeness (QED) is 0.315. The average molecular weight is 324 g/mol. The first-order valence-electron chi connectivity index (χ1n) is 7.04. The molecule has 0 unspecified atom stereocenters. The van der Waals surface area contributed by atoms with Gasteiger partial charge < -0.3 is 5.84 Å². The molecule has 0 amide bonds. The Balaban J connectivity index is 1.59. The van der Waals surface area contributed by atoms with Crippen molar-refractivity contribution in [2.75, 3.05) is 11.3 Å². The van der Waals surface area contributed by atoms with Crippen molar-refractivity contribution >= 4 is 23.9 Å². The summed E-state index contributed by atoms with van der Waals surface area (Å²) in [5.74, 6) is 7.16. The molecule has 1 aromatic heterocycles. The zero-order chi connectivity index (χ0) is 15.9. The van der Waals surface area contributed by atoms with Crippen molar-refractivity contribution in [2.45, 2.75) is 10.9 Å². The van der Waals surface area contributed by atoms with Gasteiger partial charge in [-0.15, -0.1) is 10.2 Å². The lowest BCUT2D eigenvalue weighted by molar-refractivity contribution is 0.847. The van der Waals surface area contributed by atoms with E-state index in [-0.39, 0.29) is 0 Å². The van der Waals surface area contributed by atoms with E-state index in [2.05, 4.69) is 32.9 Å². The highest BCUT2D eigenvalue weighted by molar-refractivity contribution is 7.98. The number of hydrogen-bond acceptors (Lipinski definition) is 6. The van der Waals surface area contributed by atoms with Gasteiger partial charge in [-0.05, 0) is 11.1 Å². The molecule has 0 radical (unpaired) electrons. The minimum atomic E-state index is 0.396. The second-order valence-corrected chi connectivity index (χ2v) is 5.67. The predicted octanol–water partition coefficient (Wildman–Crippen LogP) is 2.73. The third-order valence-electron chi connectivity index (χ3n) is 3.05. The molecule has 0 aliphatic heterocycles. The highest BCUT2D eigenvalue weighted by atomic mass is 32.2. The zero-order valence-corrected chi connectivity index (χ0v) is 13.1. The number of benzene rings is 2. The number of hydrazone groups is 1. The van der Waals surface area contributed by atoms with Crippen LogP contribution in [0.15, 0.2) is 70.9 Å². The van der Waals surface area contributed by atoms with Crippen LogP contribution >= 0.6 is 11.8 Å².